The highest BCUT2D eigenvalue weighted by atomic mass is 79.9. The van der Waals surface area contributed by atoms with E-state index in [1.807, 2.05) is 13.0 Å². The lowest BCUT2D eigenvalue weighted by Crippen LogP contribution is -2.53. The fraction of sp³-hybridized carbons (Fsp3) is 0.429. The average Bonchev–Trinajstić information content (AvgIpc) is 2.38. The smallest absolute Gasteiger partial charge is 0.242 e. The topological polar surface area (TPSA) is 66.6 Å². The van der Waals surface area contributed by atoms with Crippen LogP contribution in [0.4, 0.5) is 5.69 Å². The molecule has 20 heavy (non-hydrogen) atoms. The number of rotatable bonds is 4. The van der Waals surface area contributed by atoms with Crippen molar-refractivity contribution in [1.29, 1.82) is 0 Å². The molecular weight excluding hydrogens is 322 g/mol. The number of piperazine rings is 1. The Morgan fingerprint density at radius 2 is 1.85 bits per heavy atom. The number of carbonyl (C=O) groups is 2. The van der Waals surface area contributed by atoms with Crippen molar-refractivity contribution in [2.75, 3.05) is 25.4 Å². The molecule has 0 unspecified atom stereocenters. The van der Waals surface area contributed by atoms with Crippen molar-refractivity contribution in [2.24, 2.45) is 0 Å². The van der Waals surface area contributed by atoms with Crippen LogP contribution in [0, 0.1) is 0 Å². The first-order valence-electron chi connectivity index (χ1n) is 6.60. The van der Waals surface area contributed by atoms with E-state index in [0.29, 0.717) is 18.8 Å². The third-order valence-electron chi connectivity index (χ3n) is 3.29. The first kappa shape index (κ1) is 14.8. The van der Waals surface area contributed by atoms with E-state index < -0.39 is 0 Å². The van der Waals surface area contributed by atoms with Crippen LogP contribution in [-0.2, 0) is 16.1 Å². The zero-order valence-electron chi connectivity index (χ0n) is 11.4. The van der Waals surface area contributed by atoms with Crippen LogP contribution in [0.5, 0.6) is 0 Å². The van der Waals surface area contributed by atoms with Gasteiger partial charge in [-0.25, -0.2) is 0 Å². The summed E-state index contributed by atoms with van der Waals surface area (Å²) >= 11 is 3.43. The van der Waals surface area contributed by atoms with E-state index in [9.17, 15) is 9.59 Å². The number of amides is 2. The summed E-state index contributed by atoms with van der Waals surface area (Å²) in [5.74, 6) is -0.000192. The number of nitrogens with two attached hydrogens (primary N) is 1. The van der Waals surface area contributed by atoms with E-state index in [1.165, 1.54) is 0 Å². The molecule has 1 heterocycles. The van der Waals surface area contributed by atoms with Crippen LogP contribution in [0.25, 0.3) is 0 Å². The van der Waals surface area contributed by atoms with Crippen LogP contribution in [0.3, 0.4) is 0 Å². The van der Waals surface area contributed by atoms with Crippen molar-refractivity contribution in [3.63, 3.8) is 0 Å². The number of anilines is 1. The predicted molar refractivity (Wildman–Crippen MR) is 80.8 cm³/mol. The summed E-state index contributed by atoms with van der Waals surface area (Å²) in [6, 6.07) is 5.46. The van der Waals surface area contributed by atoms with Crippen molar-refractivity contribution in [1.82, 2.24) is 9.80 Å². The monoisotopic (exact) mass is 339 g/mol. The lowest BCUT2D eigenvalue weighted by Gasteiger charge is -2.34. The van der Waals surface area contributed by atoms with Crippen LogP contribution in [0.1, 0.15) is 18.9 Å². The maximum atomic E-state index is 12.1. The molecule has 0 radical (unpaired) electrons. The molecule has 1 fully saturated rings. The second-order valence-electron chi connectivity index (χ2n) is 4.92. The zero-order valence-corrected chi connectivity index (χ0v) is 13.0. The third kappa shape index (κ3) is 3.30. The van der Waals surface area contributed by atoms with Crippen LogP contribution >= 0.6 is 15.9 Å². The number of nitrogen functional groups attached to an aromatic ring is 1. The molecule has 2 amide bonds. The maximum Gasteiger partial charge on any atom is 0.242 e. The Morgan fingerprint density at radius 3 is 2.50 bits per heavy atom. The molecule has 1 aliphatic rings. The Labute approximate surface area is 126 Å². The SMILES string of the molecule is CCCN1CC(=O)N(Cc2ccc(N)cc2Br)CC1=O. The quantitative estimate of drug-likeness (QED) is 0.847. The second-order valence-corrected chi connectivity index (χ2v) is 5.77. The number of halogens is 1. The minimum atomic E-state index is -0.0122. The van der Waals surface area contributed by atoms with Gasteiger partial charge in [0.15, 0.2) is 0 Å². The molecule has 0 aromatic heterocycles. The van der Waals surface area contributed by atoms with Crippen molar-refractivity contribution in [2.45, 2.75) is 19.9 Å². The molecule has 2 rings (SSSR count). The van der Waals surface area contributed by atoms with Crippen LogP contribution in [0.15, 0.2) is 22.7 Å². The Morgan fingerprint density at radius 1 is 1.20 bits per heavy atom. The van der Waals surface area contributed by atoms with Gasteiger partial charge in [0, 0.05) is 23.2 Å². The highest BCUT2D eigenvalue weighted by Crippen LogP contribution is 2.22. The molecule has 2 N–H and O–H groups in total. The third-order valence-corrected chi connectivity index (χ3v) is 4.03. The maximum absolute atomic E-state index is 12.1. The molecular formula is C14H18BrN3O2. The molecule has 0 aliphatic carbocycles. The van der Waals surface area contributed by atoms with Crippen molar-refractivity contribution >= 4 is 33.4 Å². The molecule has 0 spiro atoms. The molecule has 0 atom stereocenters. The van der Waals surface area contributed by atoms with Crippen molar-refractivity contribution in [3.8, 4) is 0 Å². The average molecular weight is 340 g/mol. The van der Waals surface area contributed by atoms with Crippen molar-refractivity contribution in [3.05, 3.63) is 28.2 Å². The van der Waals surface area contributed by atoms with Gasteiger partial charge in [-0.05, 0) is 24.1 Å². The van der Waals surface area contributed by atoms with Crippen molar-refractivity contribution < 1.29 is 9.59 Å². The van der Waals surface area contributed by atoms with Gasteiger partial charge in [0.05, 0.1) is 6.54 Å². The molecule has 1 saturated heterocycles. The largest absolute Gasteiger partial charge is 0.399 e. The molecule has 0 bridgehead atoms. The molecule has 0 saturated carbocycles. The summed E-state index contributed by atoms with van der Waals surface area (Å²) in [5.41, 5.74) is 7.30. The number of hydrogen-bond acceptors (Lipinski definition) is 3. The van der Waals surface area contributed by atoms with Gasteiger partial charge in [0.1, 0.15) is 6.54 Å². The van der Waals surface area contributed by atoms with Gasteiger partial charge in [-0.15, -0.1) is 0 Å². The standard InChI is InChI=1S/C14H18BrN3O2/c1-2-5-17-8-14(20)18(9-13(17)19)7-10-3-4-11(16)6-12(10)15/h3-4,6H,2,5,7-9,16H2,1H3. The first-order chi connectivity index (χ1) is 9.51. The van der Waals surface area contributed by atoms with Gasteiger partial charge < -0.3 is 15.5 Å². The summed E-state index contributed by atoms with van der Waals surface area (Å²) in [5, 5.41) is 0. The molecule has 1 aliphatic heterocycles. The van der Waals surface area contributed by atoms with Gasteiger partial charge in [-0.2, -0.15) is 0 Å². The van der Waals surface area contributed by atoms with E-state index in [4.69, 9.17) is 5.73 Å². The summed E-state index contributed by atoms with van der Waals surface area (Å²) < 4.78 is 0.855. The Kier molecular flexibility index (Phi) is 4.65. The number of benzene rings is 1. The predicted octanol–water partition coefficient (Wildman–Crippen LogP) is 1.61. The Bertz CT molecular complexity index is 533. The van der Waals surface area contributed by atoms with E-state index >= 15 is 0 Å². The number of nitrogens with zero attached hydrogens (tertiary/aromatic N) is 2. The van der Waals surface area contributed by atoms with Gasteiger partial charge in [0.25, 0.3) is 0 Å². The molecule has 6 heteroatoms. The second kappa shape index (κ2) is 6.26. The van der Waals surface area contributed by atoms with E-state index in [1.54, 1.807) is 21.9 Å². The molecule has 108 valence electrons. The highest BCUT2D eigenvalue weighted by molar-refractivity contribution is 9.10. The number of carbonyl (C=O) groups excluding carboxylic acids is 2. The molecule has 1 aromatic carbocycles. The van der Waals surface area contributed by atoms with E-state index in [2.05, 4.69) is 15.9 Å². The van der Waals surface area contributed by atoms with Crippen LogP contribution in [0.2, 0.25) is 0 Å². The fourth-order valence-electron chi connectivity index (χ4n) is 2.22. The molecule has 5 nitrogen and oxygen atoms in total. The zero-order chi connectivity index (χ0) is 14.7. The Balaban J connectivity index is 2.07. The minimum absolute atomic E-state index is 0.0121. The number of hydrogen-bond donors (Lipinski definition) is 1. The lowest BCUT2D eigenvalue weighted by molar-refractivity contribution is -0.150. The van der Waals surface area contributed by atoms with E-state index in [-0.39, 0.29) is 24.9 Å². The molecule has 1 aromatic rings. The fourth-order valence-corrected chi connectivity index (χ4v) is 2.74. The van der Waals surface area contributed by atoms with Gasteiger partial charge in [0.2, 0.25) is 11.8 Å². The van der Waals surface area contributed by atoms with Gasteiger partial charge in [-0.1, -0.05) is 28.9 Å². The lowest BCUT2D eigenvalue weighted by atomic mass is 10.1. The minimum Gasteiger partial charge on any atom is -0.399 e. The van der Waals surface area contributed by atoms with Crippen LogP contribution < -0.4 is 5.73 Å². The van der Waals surface area contributed by atoms with Gasteiger partial charge in [-0.3, -0.25) is 9.59 Å². The van der Waals surface area contributed by atoms with Crippen LogP contribution in [-0.4, -0.2) is 41.2 Å². The summed E-state index contributed by atoms with van der Waals surface area (Å²) in [6.07, 6.45) is 0.864. The van der Waals surface area contributed by atoms with E-state index in [0.717, 1.165) is 16.5 Å². The van der Waals surface area contributed by atoms with Gasteiger partial charge >= 0.3 is 0 Å². The summed E-state index contributed by atoms with van der Waals surface area (Å²) in [7, 11) is 0. The summed E-state index contributed by atoms with van der Waals surface area (Å²) in [4.78, 5) is 27.3. The normalized spacial score (nSPS) is 15.9. The Hall–Kier alpha value is -1.56. The summed E-state index contributed by atoms with van der Waals surface area (Å²) in [6.45, 7) is 3.39. The highest BCUT2D eigenvalue weighted by Gasteiger charge is 2.29. The first-order valence-corrected chi connectivity index (χ1v) is 7.40.